The van der Waals surface area contributed by atoms with Crippen LogP contribution >= 0.6 is 0 Å². The minimum Gasteiger partial charge on any atom is -0.508 e. The number of rotatable bonds is 3. The Balaban J connectivity index is 1.47. The molecule has 4 aliphatic rings. The van der Waals surface area contributed by atoms with Gasteiger partial charge in [-0.1, -0.05) is 0 Å². The highest BCUT2D eigenvalue weighted by atomic mass is 16.3. The molecule has 21 heavy (non-hydrogen) atoms. The average Bonchev–Trinajstić information content (AvgIpc) is 2.66. The van der Waals surface area contributed by atoms with E-state index in [9.17, 15) is 5.11 Å². The third-order valence-corrected chi connectivity index (χ3v) is 6.09. The molecule has 0 aliphatic heterocycles. The minimum atomic E-state index is 0.324. The molecule has 4 bridgehead atoms. The van der Waals surface area contributed by atoms with Crippen molar-refractivity contribution in [1.82, 2.24) is 0 Å². The van der Waals surface area contributed by atoms with Crippen LogP contribution in [0.1, 0.15) is 50.5 Å². The van der Waals surface area contributed by atoms with E-state index >= 15 is 0 Å². The first kappa shape index (κ1) is 13.4. The molecule has 1 aromatic rings. The highest BCUT2D eigenvalue weighted by molar-refractivity contribution is 5.79. The summed E-state index contributed by atoms with van der Waals surface area (Å²) in [6.07, 6.45) is 12.2. The number of benzene rings is 1. The van der Waals surface area contributed by atoms with Gasteiger partial charge in [-0.2, -0.15) is 0 Å². The zero-order chi connectivity index (χ0) is 14.3. The number of aromatic hydroxyl groups is 1. The molecule has 4 saturated carbocycles. The number of phenols is 1. The lowest BCUT2D eigenvalue weighted by atomic mass is 9.61. The lowest BCUT2D eigenvalue weighted by molar-refractivity contribution is 0.0728. The number of hydrogen-bond donors (Lipinski definition) is 1. The van der Waals surface area contributed by atoms with Crippen LogP contribution in [0.5, 0.6) is 5.75 Å². The van der Waals surface area contributed by atoms with E-state index in [4.69, 9.17) is 4.99 Å². The van der Waals surface area contributed by atoms with Crippen LogP contribution in [0.25, 0.3) is 0 Å². The van der Waals surface area contributed by atoms with Gasteiger partial charge in [0.1, 0.15) is 5.75 Å². The number of fused-ring (bicyclic) bond motifs is 1. The summed E-state index contributed by atoms with van der Waals surface area (Å²) in [6.45, 7) is 1.01. The quantitative estimate of drug-likeness (QED) is 0.818. The highest BCUT2D eigenvalue weighted by Crippen LogP contribution is 2.57. The second-order valence-corrected chi connectivity index (χ2v) is 7.81. The second kappa shape index (κ2) is 5.15. The van der Waals surface area contributed by atoms with Crippen molar-refractivity contribution in [3.8, 4) is 5.75 Å². The molecule has 4 atom stereocenters. The zero-order valence-electron chi connectivity index (χ0n) is 12.7. The van der Waals surface area contributed by atoms with E-state index in [1.54, 1.807) is 12.1 Å². The molecule has 2 heteroatoms. The van der Waals surface area contributed by atoms with Crippen molar-refractivity contribution in [2.24, 2.45) is 28.2 Å². The van der Waals surface area contributed by atoms with Crippen molar-refractivity contribution in [2.75, 3.05) is 6.54 Å². The SMILES string of the molecule is Oc1ccc(C=NCC23CCC4C[C@H](C[C@H](C4)C2)C3)cc1. The van der Waals surface area contributed by atoms with Crippen molar-refractivity contribution in [3.05, 3.63) is 29.8 Å². The van der Waals surface area contributed by atoms with Gasteiger partial charge in [-0.15, -0.1) is 0 Å². The van der Waals surface area contributed by atoms with E-state index in [1.807, 2.05) is 18.3 Å². The molecule has 1 aromatic carbocycles. The molecule has 2 nitrogen and oxygen atoms in total. The monoisotopic (exact) mass is 283 g/mol. The van der Waals surface area contributed by atoms with Crippen LogP contribution < -0.4 is 0 Å². The predicted molar refractivity (Wildman–Crippen MR) is 85.8 cm³/mol. The lowest BCUT2D eigenvalue weighted by Crippen LogP contribution is -2.36. The summed E-state index contributed by atoms with van der Waals surface area (Å²) in [4.78, 5) is 4.79. The summed E-state index contributed by atoms with van der Waals surface area (Å²) in [5.41, 5.74) is 1.60. The van der Waals surface area contributed by atoms with E-state index in [2.05, 4.69) is 0 Å². The maximum Gasteiger partial charge on any atom is 0.115 e. The standard InChI is InChI=1S/C19H25NO/c21-18-3-1-14(2-4-18)12-20-13-19-6-5-15-7-16(10-19)9-17(8-15)11-19/h1-4,12,15-17,21H,5-11,13H2/t15?,16-,17+,19?. The number of nitrogens with zero attached hydrogens (tertiary/aromatic N) is 1. The molecule has 0 amide bonds. The molecule has 0 heterocycles. The first-order valence-corrected chi connectivity index (χ1v) is 8.50. The van der Waals surface area contributed by atoms with E-state index in [-0.39, 0.29) is 0 Å². The summed E-state index contributed by atoms with van der Waals surface area (Å²) in [5.74, 6) is 3.34. The molecule has 112 valence electrons. The number of hydrogen-bond acceptors (Lipinski definition) is 2. The van der Waals surface area contributed by atoms with Crippen LogP contribution in [0.3, 0.4) is 0 Å². The van der Waals surface area contributed by atoms with Crippen LogP contribution in [0, 0.1) is 23.2 Å². The molecule has 0 aromatic heterocycles. The van der Waals surface area contributed by atoms with Gasteiger partial charge < -0.3 is 5.11 Å². The van der Waals surface area contributed by atoms with E-state index in [0.717, 1.165) is 29.9 Å². The van der Waals surface area contributed by atoms with Gasteiger partial charge in [0.2, 0.25) is 0 Å². The van der Waals surface area contributed by atoms with Crippen LogP contribution in [0.4, 0.5) is 0 Å². The van der Waals surface area contributed by atoms with Gasteiger partial charge in [-0.3, -0.25) is 4.99 Å². The Bertz CT molecular complexity index is 519. The van der Waals surface area contributed by atoms with Gasteiger partial charge in [0, 0.05) is 12.8 Å². The largest absolute Gasteiger partial charge is 0.508 e. The predicted octanol–water partition coefficient (Wildman–Crippen LogP) is 4.42. The second-order valence-electron chi connectivity index (χ2n) is 7.81. The van der Waals surface area contributed by atoms with Crippen molar-refractivity contribution < 1.29 is 5.11 Å². The number of aliphatic imine (C=N–C) groups is 1. The lowest BCUT2D eigenvalue weighted by Gasteiger charge is -2.44. The van der Waals surface area contributed by atoms with Gasteiger partial charge in [-0.05, 0) is 97.9 Å². The maximum atomic E-state index is 9.32. The van der Waals surface area contributed by atoms with Crippen LogP contribution in [0.15, 0.2) is 29.3 Å². The Labute approximate surface area is 127 Å². The first-order valence-electron chi connectivity index (χ1n) is 8.50. The molecule has 1 N–H and O–H groups in total. The topological polar surface area (TPSA) is 32.6 Å². The minimum absolute atomic E-state index is 0.324. The van der Waals surface area contributed by atoms with Gasteiger partial charge in [0.05, 0.1) is 0 Å². The summed E-state index contributed by atoms with van der Waals surface area (Å²) in [5, 5.41) is 9.32. The van der Waals surface area contributed by atoms with E-state index in [1.165, 1.54) is 44.9 Å². The Kier molecular flexibility index (Phi) is 3.28. The fourth-order valence-electron chi connectivity index (χ4n) is 5.41. The molecule has 2 unspecified atom stereocenters. The zero-order valence-corrected chi connectivity index (χ0v) is 12.7. The van der Waals surface area contributed by atoms with Crippen molar-refractivity contribution in [1.29, 1.82) is 0 Å². The van der Waals surface area contributed by atoms with Crippen molar-refractivity contribution >= 4 is 6.21 Å². The van der Waals surface area contributed by atoms with Crippen molar-refractivity contribution in [2.45, 2.75) is 44.9 Å². The maximum absolute atomic E-state index is 9.32. The van der Waals surface area contributed by atoms with Crippen LogP contribution in [-0.4, -0.2) is 17.9 Å². The average molecular weight is 283 g/mol. The molecule has 0 spiro atoms. The Morgan fingerprint density at radius 1 is 1.05 bits per heavy atom. The van der Waals surface area contributed by atoms with Gasteiger partial charge in [0.25, 0.3) is 0 Å². The fourth-order valence-corrected chi connectivity index (χ4v) is 5.41. The smallest absolute Gasteiger partial charge is 0.115 e. The van der Waals surface area contributed by atoms with E-state index in [0.29, 0.717) is 11.2 Å². The van der Waals surface area contributed by atoms with Crippen LogP contribution in [0.2, 0.25) is 0 Å². The van der Waals surface area contributed by atoms with Crippen LogP contribution in [-0.2, 0) is 0 Å². The molecule has 5 rings (SSSR count). The first-order chi connectivity index (χ1) is 10.2. The summed E-state index contributed by atoms with van der Waals surface area (Å²) < 4.78 is 0. The molecule has 4 fully saturated rings. The molecular formula is C19H25NO. The number of phenolic OH excluding ortho intramolecular Hbond substituents is 1. The highest BCUT2D eigenvalue weighted by Gasteiger charge is 2.47. The Hall–Kier alpha value is -1.31. The third kappa shape index (κ3) is 2.73. The van der Waals surface area contributed by atoms with E-state index < -0.39 is 0 Å². The van der Waals surface area contributed by atoms with Gasteiger partial charge >= 0.3 is 0 Å². The fraction of sp³-hybridized carbons (Fsp3) is 0.632. The summed E-state index contributed by atoms with van der Waals surface area (Å²) >= 11 is 0. The summed E-state index contributed by atoms with van der Waals surface area (Å²) in [7, 11) is 0. The Morgan fingerprint density at radius 2 is 1.71 bits per heavy atom. The molecule has 4 aliphatic carbocycles. The summed E-state index contributed by atoms with van der Waals surface area (Å²) in [6, 6.07) is 7.34. The van der Waals surface area contributed by atoms with Gasteiger partial charge in [0.15, 0.2) is 0 Å². The molecule has 0 radical (unpaired) electrons. The molecular weight excluding hydrogens is 258 g/mol. The molecule has 0 saturated heterocycles. The third-order valence-electron chi connectivity index (χ3n) is 6.09. The Morgan fingerprint density at radius 3 is 2.43 bits per heavy atom. The van der Waals surface area contributed by atoms with Gasteiger partial charge in [-0.25, -0.2) is 0 Å². The van der Waals surface area contributed by atoms with Crippen molar-refractivity contribution in [3.63, 3.8) is 0 Å². The normalized spacial score (nSPS) is 38.0.